The topological polar surface area (TPSA) is 77.2 Å². The van der Waals surface area contributed by atoms with Gasteiger partial charge in [-0.2, -0.15) is 17.6 Å². The van der Waals surface area contributed by atoms with Crippen molar-refractivity contribution in [2.24, 2.45) is 5.73 Å². The lowest BCUT2D eigenvalue weighted by molar-refractivity contribution is -0.253. The molecule has 3 aromatic rings. The summed E-state index contributed by atoms with van der Waals surface area (Å²) < 4.78 is 99.4. The van der Waals surface area contributed by atoms with Gasteiger partial charge in [0.2, 0.25) is 5.91 Å². The molecule has 0 aliphatic heterocycles. The van der Waals surface area contributed by atoms with Crippen LogP contribution in [0.15, 0.2) is 66.9 Å². The first-order chi connectivity index (χ1) is 18.3. The molecule has 13 heteroatoms. The number of pyridine rings is 1. The molecule has 0 unspecified atom stereocenters. The summed E-state index contributed by atoms with van der Waals surface area (Å²) in [6.45, 7) is -1.00. The van der Waals surface area contributed by atoms with Crippen LogP contribution in [0.25, 0.3) is 0 Å². The summed E-state index contributed by atoms with van der Waals surface area (Å²) in [7, 11) is 0. The van der Waals surface area contributed by atoms with E-state index in [9.17, 15) is 35.5 Å². The molecule has 1 atom stereocenters. The van der Waals surface area contributed by atoms with Crippen molar-refractivity contribution in [3.63, 3.8) is 0 Å². The van der Waals surface area contributed by atoms with Crippen molar-refractivity contribution < 1.29 is 40.3 Å². The summed E-state index contributed by atoms with van der Waals surface area (Å²) in [4.78, 5) is 17.2. The van der Waals surface area contributed by atoms with Crippen LogP contribution >= 0.6 is 11.6 Å². The second kappa shape index (κ2) is 12.2. The Morgan fingerprint density at radius 3 is 2.33 bits per heavy atom. The molecule has 5 nitrogen and oxygen atoms in total. The molecule has 0 aliphatic carbocycles. The van der Waals surface area contributed by atoms with Gasteiger partial charge < -0.3 is 15.8 Å². The Morgan fingerprint density at radius 2 is 1.74 bits per heavy atom. The molecule has 1 aromatic heterocycles. The van der Waals surface area contributed by atoms with Crippen molar-refractivity contribution in [3.05, 3.63) is 94.5 Å². The fraction of sp³-hybridized carbons (Fsp3) is 0.308. The van der Waals surface area contributed by atoms with Gasteiger partial charge in [0.15, 0.2) is 0 Å². The fourth-order valence-corrected chi connectivity index (χ4v) is 3.93. The molecular formula is C26H23ClF7N3O2. The minimum atomic E-state index is -4.96. The quantitative estimate of drug-likeness (QED) is 0.256. The molecular weight excluding hydrogens is 555 g/mol. The average Bonchev–Trinajstić information content (AvgIpc) is 2.87. The van der Waals surface area contributed by atoms with E-state index in [1.807, 2.05) is 0 Å². The Kier molecular flexibility index (Phi) is 9.44. The zero-order chi connectivity index (χ0) is 28.8. The Morgan fingerprint density at radius 1 is 1.05 bits per heavy atom. The highest BCUT2D eigenvalue weighted by atomic mass is 35.5. The van der Waals surface area contributed by atoms with Gasteiger partial charge >= 0.3 is 12.5 Å². The molecule has 39 heavy (non-hydrogen) atoms. The van der Waals surface area contributed by atoms with E-state index < -0.39 is 60.9 Å². The Labute approximate surface area is 224 Å². The average molecular weight is 578 g/mol. The van der Waals surface area contributed by atoms with Crippen molar-refractivity contribution in [3.8, 4) is 5.75 Å². The van der Waals surface area contributed by atoms with E-state index in [-0.39, 0.29) is 22.7 Å². The van der Waals surface area contributed by atoms with Gasteiger partial charge in [-0.25, -0.2) is 13.2 Å². The van der Waals surface area contributed by atoms with Crippen LogP contribution in [0.2, 0.25) is 5.02 Å². The van der Waals surface area contributed by atoms with E-state index in [1.165, 1.54) is 18.3 Å². The smallest absolute Gasteiger partial charge is 0.428 e. The Bertz CT molecular complexity index is 1260. The highest BCUT2D eigenvalue weighted by molar-refractivity contribution is 6.30. The van der Waals surface area contributed by atoms with Gasteiger partial charge in [-0.05, 0) is 35.4 Å². The van der Waals surface area contributed by atoms with Crippen molar-refractivity contribution in [1.82, 2.24) is 10.3 Å². The monoisotopic (exact) mass is 577 g/mol. The third-order valence-electron chi connectivity index (χ3n) is 5.72. The summed E-state index contributed by atoms with van der Waals surface area (Å²) in [6.07, 6.45) is -9.79. The van der Waals surface area contributed by atoms with Crippen LogP contribution in [0, 0.1) is 5.82 Å². The first-order valence-electron chi connectivity index (χ1n) is 11.5. The number of rotatable bonds is 12. The number of benzene rings is 2. The van der Waals surface area contributed by atoms with Crippen LogP contribution < -0.4 is 15.8 Å². The van der Waals surface area contributed by atoms with E-state index in [1.54, 1.807) is 30.3 Å². The highest BCUT2D eigenvalue weighted by Gasteiger charge is 2.45. The summed E-state index contributed by atoms with van der Waals surface area (Å²) >= 11 is 5.96. The summed E-state index contributed by atoms with van der Waals surface area (Å²) in [5, 5.41) is 2.77. The van der Waals surface area contributed by atoms with Gasteiger partial charge in [-0.1, -0.05) is 41.9 Å². The van der Waals surface area contributed by atoms with Gasteiger partial charge in [0.25, 0.3) is 5.92 Å². The number of carbonyl (C=O) groups is 1. The zero-order valence-electron chi connectivity index (χ0n) is 20.1. The molecule has 0 fully saturated rings. The normalized spacial score (nSPS) is 13.7. The van der Waals surface area contributed by atoms with Gasteiger partial charge in [0, 0.05) is 31.5 Å². The predicted molar refractivity (Wildman–Crippen MR) is 130 cm³/mol. The van der Waals surface area contributed by atoms with E-state index >= 15 is 0 Å². The maximum Gasteiger partial charge on any atom is 0.461 e. The Hall–Kier alpha value is -3.38. The lowest BCUT2D eigenvalue weighted by atomic mass is 9.80. The minimum absolute atomic E-state index is 0.0202. The van der Waals surface area contributed by atoms with Gasteiger partial charge in [-0.3, -0.25) is 9.78 Å². The van der Waals surface area contributed by atoms with Gasteiger partial charge in [0.1, 0.15) is 17.1 Å². The van der Waals surface area contributed by atoms with Crippen molar-refractivity contribution >= 4 is 17.5 Å². The lowest BCUT2D eigenvalue weighted by Crippen LogP contribution is -2.49. The number of aromatic nitrogens is 1. The molecule has 0 spiro atoms. The van der Waals surface area contributed by atoms with Crippen molar-refractivity contribution in [2.45, 2.75) is 43.3 Å². The van der Waals surface area contributed by atoms with Crippen molar-refractivity contribution in [2.75, 3.05) is 6.54 Å². The molecule has 0 saturated carbocycles. The third-order valence-corrected chi connectivity index (χ3v) is 5.94. The number of hydrogen-bond donors (Lipinski definition) is 2. The SMILES string of the molecule is NCC(F)(F)CCC(=O)N[C@@](Cc1ccccc1)(c1cc(F)cc(OC(F)(F)C(F)F)c1)c1ccc(Cl)cn1. The predicted octanol–water partition coefficient (Wildman–Crippen LogP) is 6.09. The third kappa shape index (κ3) is 7.82. The molecule has 3 N–H and O–H groups in total. The molecule has 1 heterocycles. The molecule has 0 bridgehead atoms. The van der Waals surface area contributed by atoms with E-state index in [4.69, 9.17) is 17.3 Å². The van der Waals surface area contributed by atoms with Gasteiger partial charge in [-0.15, -0.1) is 0 Å². The largest absolute Gasteiger partial charge is 0.461 e. The number of nitrogens with one attached hydrogen (secondary N) is 1. The number of carbonyl (C=O) groups excluding carboxylic acids is 1. The van der Waals surface area contributed by atoms with Crippen molar-refractivity contribution in [1.29, 1.82) is 0 Å². The standard InChI is InChI=1S/C26H23ClF7N3O2/c27-18-6-7-21(36-14-18)25(13-16-4-2-1-3-5-16,37-22(38)8-9-24(31,32)15-35)17-10-19(28)12-20(11-17)39-26(33,34)23(29)30/h1-7,10-12,14,23H,8-9,13,15,35H2,(H,37,38)/t25-/m0/s1. The minimum Gasteiger partial charge on any atom is -0.428 e. The zero-order valence-corrected chi connectivity index (χ0v) is 20.9. The molecule has 3 rings (SSSR count). The maximum absolute atomic E-state index is 14.8. The summed E-state index contributed by atoms with van der Waals surface area (Å²) in [5.41, 5.74) is 3.49. The number of nitrogens with zero attached hydrogens (tertiary/aromatic N) is 1. The highest BCUT2D eigenvalue weighted by Crippen LogP contribution is 2.37. The number of amides is 1. The number of halogens is 8. The first kappa shape index (κ1) is 30.2. The molecule has 2 aromatic carbocycles. The number of hydrogen-bond acceptors (Lipinski definition) is 4. The lowest BCUT2D eigenvalue weighted by Gasteiger charge is -2.36. The van der Waals surface area contributed by atoms with Crippen LogP contribution in [0.1, 0.15) is 29.7 Å². The number of nitrogens with two attached hydrogens (primary N) is 1. The first-order valence-corrected chi connectivity index (χ1v) is 11.8. The van der Waals surface area contributed by atoms with E-state index in [0.717, 1.165) is 12.1 Å². The number of ether oxygens (including phenoxy) is 1. The maximum atomic E-state index is 14.8. The van der Waals surface area contributed by atoms with Crippen LogP contribution in [0.4, 0.5) is 30.7 Å². The molecule has 1 amide bonds. The van der Waals surface area contributed by atoms with E-state index in [0.29, 0.717) is 11.6 Å². The molecule has 0 radical (unpaired) electrons. The second-order valence-electron chi connectivity index (χ2n) is 8.68. The van der Waals surface area contributed by atoms with E-state index in [2.05, 4.69) is 15.0 Å². The fourth-order valence-electron chi connectivity index (χ4n) is 3.82. The molecule has 0 aliphatic rings. The van der Waals surface area contributed by atoms with Crippen LogP contribution in [0.5, 0.6) is 5.75 Å². The summed E-state index contributed by atoms with van der Waals surface area (Å²) in [5.74, 6) is -6.41. The second-order valence-corrected chi connectivity index (χ2v) is 9.11. The Balaban J connectivity index is 2.20. The molecule has 210 valence electrons. The summed E-state index contributed by atoms with van der Waals surface area (Å²) in [6, 6.07) is 13.2. The van der Waals surface area contributed by atoms with Gasteiger partial charge in [0.05, 0.1) is 17.3 Å². The van der Waals surface area contributed by atoms with Crippen LogP contribution in [-0.4, -0.2) is 35.9 Å². The molecule has 0 saturated heterocycles. The number of alkyl halides is 6. The van der Waals surface area contributed by atoms with Crippen LogP contribution in [0.3, 0.4) is 0 Å². The van der Waals surface area contributed by atoms with Crippen LogP contribution in [-0.2, 0) is 16.8 Å².